The summed E-state index contributed by atoms with van der Waals surface area (Å²) in [7, 11) is 0. The van der Waals surface area contributed by atoms with E-state index in [4.69, 9.17) is 4.42 Å². The van der Waals surface area contributed by atoms with E-state index in [-0.39, 0.29) is 11.7 Å². The number of nitrogens with one attached hydrogen (secondary N) is 1. The molecule has 0 spiro atoms. The minimum absolute atomic E-state index is 0.136. The van der Waals surface area contributed by atoms with Crippen LogP contribution in [0, 0.1) is 0 Å². The van der Waals surface area contributed by atoms with Crippen molar-refractivity contribution < 1.29 is 9.21 Å². The van der Waals surface area contributed by atoms with Crippen LogP contribution in [-0.4, -0.2) is 47.6 Å². The highest BCUT2D eigenvalue weighted by Gasteiger charge is 2.15. The van der Waals surface area contributed by atoms with Crippen molar-refractivity contribution in [3.63, 3.8) is 0 Å². The summed E-state index contributed by atoms with van der Waals surface area (Å²) in [5, 5.41) is 21.3. The Hall–Kier alpha value is -3.73. The summed E-state index contributed by atoms with van der Waals surface area (Å²) in [4.78, 5) is 12.0. The van der Waals surface area contributed by atoms with E-state index in [1.807, 2.05) is 28.8 Å². The molecular weight excluding hydrogens is 404 g/mol. The number of amides is 1. The quantitative estimate of drug-likeness (QED) is 0.190. The molecule has 3 heterocycles. The van der Waals surface area contributed by atoms with E-state index in [9.17, 15) is 4.79 Å². The molecule has 0 atom stereocenters. The van der Waals surface area contributed by atoms with Gasteiger partial charge in [-0.05, 0) is 24.3 Å². The number of allylic oxidation sites excluding steroid dienone is 1. The van der Waals surface area contributed by atoms with Crippen molar-refractivity contribution in [2.75, 3.05) is 5.75 Å². The van der Waals surface area contributed by atoms with E-state index in [1.165, 1.54) is 24.2 Å². The summed E-state index contributed by atoms with van der Waals surface area (Å²) in [6, 6.07) is 11.2. The molecule has 1 amide bonds. The minimum Gasteiger partial charge on any atom is -0.463 e. The van der Waals surface area contributed by atoms with E-state index in [2.05, 4.69) is 37.6 Å². The molecule has 30 heavy (non-hydrogen) atoms. The molecule has 0 saturated carbocycles. The van der Waals surface area contributed by atoms with Crippen LogP contribution in [0.3, 0.4) is 0 Å². The molecule has 11 heteroatoms. The average Bonchev–Trinajstić information content (AvgIpc) is 3.49. The third-order valence-electron chi connectivity index (χ3n) is 4.07. The van der Waals surface area contributed by atoms with Crippen LogP contribution in [0.15, 0.2) is 70.0 Å². The van der Waals surface area contributed by atoms with Gasteiger partial charge in [0.1, 0.15) is 17.8 Å². The van der Waals surface area contributed by atoms with E-state index in [0.717, 1.165) is 11.0 Å². The molecule has 152 valence electrons. The number of carbonyl (C=O) groups excluding carboxylic acids is 1. The summed E-state index contributed by atoms with van der Waals surface area (Å²) >= 11 is 1.27. The van der Waals surface area contributed by atoms with Gasteiger partial charge in [0, 0.05) is 6.54 Å². The molecule has 3 aromatic heterocycles. The molecule has 0 fully saturated rings. The highest BCUT2D eigenvalue weighted by atomic mass is 32.2. The predicted octanol–water partition coefficient (Wildman–Crippen LogP) is 2.09. The molecule has 10 nitrogen and oxygen atoms in total. The summed E-state index contributed by atoms with van der Waals surface area (Å²) in [5.41, 5.74) is 4.18. The average molecular weight is 422 g/mol. The maximum atomic E-state index is 12.0. The number of benzene rings is 1. The van der Waals surface area contributed by atoms with Crippen molar-refractivity contribution >= 4 is 34.9 Å². The first-order valence-corrected chi connectivity index (χ1v) is 10.0. The van der Waals surface area contributed by atoms with Gasteiger partial charge in [0.2, 0.25) is 0 Å². The second kappa shape index (κ2) is 9.18. The molecule has 0 bridgehead atoms. The number of hydrazone groups is 1. The Bertz CT molecular complexity index is 1180. The molecule has 4 aromatic rings. The van der Waals surface area contributed by atoms with E-state index in [1.54, 1.807) is 22.9 Å². The number of hydrogen-bond donors (Lipinski definition) is 1. The number of aromatic nitrogens is 6. The van der Waals surface area contributed by atoms with Gasteiger partial charge in [0.05, 0.1) is 23.7 Å². The number of thioether (sulfide) groups is 1. The molecule has 1 aromatic carbocycles. The number of fused-ring (bicyclic) bond motifs is 1. The second-order valence-corrected chi connectivity index (χ2v) is 7.07. The number of hydrogen-bond acceptors (Lipinski definition) is 8. The largest absolute Gasteiger partial charge is 0.463 e. The van der Waals surface area contributed by atoms with Gasteiger partial charge < -0.3 is 8.98 Å². The van der Waals surface area contributed by atoms with Crippen molar-refractivity contribution in [2.45, 2.75) is 18.2 Å². The van der Waals surface area contributed by atoms with Crippen LogP contribution in [0.4, 0.5) is 0 Å². The van der Waals surface area contributed by atoms with Gasteiger partial charge in [-0.2, -0.15) is 5.10 Å². The summed E-state index contributed by atoms with van der Waals surface area (Å²) < 4.78 is 8.78. The van der Waals surface area contributed by atoms with Gasteiger partial charge >= 0.3 is 0 Å². The lowest BCUT2D eigenvalue weighted by atomic mass is 10.3. The number of rotatable bonds is 9. The Morgan fingerprint density at radius 1 is 1.23 bits per heavy atom. The monoisotopic (exact) mass is 422 g/mol. The normalized spacial score (nSPS) is 11.3. The lowest BCUT2D eigenvalue weighted by Crippen LogP contribution is -2.20. The van der Waals surface area contributed by atoms with Crippen molar-refractivity contribution in [1.82, 2.24) is 35.2 Å². The third-order valence-corrected chi connectivity index (χ3v) is 5.04. The van der Waals surface area contributed by atoms with Crippen molar-refractivity contribution in [1.29, 1.82) is 0 Å². The van der Waals surface area contributed by atoms with Crippen LogP contribution in [0.25, 0.3) is 11.0 Å². The van der Waals surface area contributed by atoms with Crippen LogP contribution >= 0.6 is 11.8 Å². The van der Waals surface area contributed by atoms with Gasteiger partial charge in [-0.15, -0.1) is 21.9 Å². The molecule has 0 unspecified atom stereocenters. The Morgan fingerprint density at radius 2 is 2.13 bits per heavy atom. The van der Waals surface area contributed by atoms with Gasteiger partial charge in [0.15, 0.2) is 11.0 Å². The summed E-state index contributed by atoms with van der Waals surface area (Å²) in [6.45, 7) is 4.71. The number of carbonyl (C=O) groups is 1. The number of nitrogens with zero attached hydrogens (tertiary/aromatic N) is 7. The van der Waals surface area contributed by atoms with Gasteiger partial charge in [-0.25, -0.2) is 10.1 Å². The van der Waals surface area contributed by atoms with Gasteiger partial charge in [-0.1, -0.05) is 35.2 Å². The lowest BCUT2D eigenvalue weighted by Gasteiger charge is -2.07. The molecule has 4 rings (SSSR count). The summed E-state index contributed by atoms with van der Waals surface area (Å²) in [5.74, 6) is 1.12. The number of para-hydroxylation sites is 1. The standard InChI is InChI=1S/C19H18N8O2S/c1-2-9-26-17(12-27-16-8-4-3-7-15(16)21-25-27)22-24-19(26)30-13-18(28)23-20-11-14-6-5-10-29-14/h2-8,10-11H,1,9,12-13H2,(H,23,28)/b20-11-. The van der Waals surface area contributed by atoms with Crippen LogP contribution < -0.4 is 5.43 Å². The molecule has 1 N–H and O–H groups in total. The zero-order valence-electron chi connectivity index (χ0n) is 15.9. The van der Waals surface area contributed by atoms with Gasteiger partial charge in [0.25, 0.3) is 5.91 Å². The Balaban J connectivity index is 1.42. The highest BCUT2D eigenvalue weighted by molar-refractivity contribution is 7.99. The molecular formula is C19H18N8O2S. The fourth-order valence-corrected chi connectivity index (χ4v) is 3.48. The first kappa shape index (κ1) is 19.6. The molecule has 0 radical (unpaired) electrons. The van der Waals surface area contributed by atoms with Crippen LogP contribution in [-0.2, 0) is 17.9 Å². The van der Waals surface area contributed by atoms with Gasteiger partial charge in [-0.3, -0.25) is 4.79 Å². The third kappa shape index (κ3) is 4.46. The maximum absolute atomic E-state index is 12.0. The fourth-order valence-electron chi connectivity index (χ4n) is 2.72. The van der Waals surface area contributed by atoms with E-state index >= 15 is 0 Å². The molecule has 0 saturated heterocycles. The van der Waals surface area contributed by atoms with Crippen LogP contribution in [0.2, 0.25) is 0 Å². The lowest BCUT2D eigenvalue weighted by molar-refractivity contribution is -0.118. The molecule has 0 aliphatic heterocycles. The fraction of sp³-hybridized carbons (Fsp3) is 0.158. The van der Waals surface area contributed by atoms with Crippen molar-refractivity contribution in [3.05, 3.63) is 66.9 Å². The predicted molar refractivity (Wildman–Crippen MR) is 112 cm³/mol. The van der Waals surface area contributed by atoms with Crippen molar-refractivity contribution in [3.8, 4) is 0 Å². The topological polar surface area (TPSA) is 116 Å². The highest BCUT2D eigenvalue weighted by Crippen LogP contribution is 2.18. The zero-order chi connectivity index (χ0) is 20.8. The molecule has 0 aliphatic rings. The zero-order valence-corrected chi connectivity index (χ0v) is 16.7. The minimum atomic E-state index is -0.264. The van der Waals surface area contributed by atoms with Crippen LogP contribution in [0.1, 0.15) is 11.6 Å². The second-order valence-electron chi connectivity index (χ2n) is 6.13. The maximum Gasteiger partial charge on any atom is 0.250 e. The first-order valence-electron chi connectivity index (χ1n) is 9.04. The van der Waals surface area contributed by atoms with Crippen molar-refractivity contribution in [2.24, 2.45) is 5.10 Å². The smallest absolute Gasteiger partial charge is 0.250 e. The number of furan rings is 1. The van der Waals surface area contributed by atoms with E-state index < -0.39 is 0 Å². The molecule has 0 aliphatic carbocycles. The van der Waals surface area contributed by atoms with E-state index in [0.29, 0.717) is 29.8 Å². The SMILES string of the molecule is C=CCn1c(Cn2nnc3ccccc32)nnc1SCC(=O)N/N=C\c1ccco1. The Kier molecular flexibility index (Phi) is 5.99. The summed E-state index contributed by atoms with van der Waals surface area (Å²) in [6.07, 6.45) is 4.72. The Labute approximate surface area is 175 Å². The first-order chi connectivity index (χ1) is 14.7. The Morgan fingerprint density at radius 3 is 2.97 bits per heavy atom. The van der Waals surface area contributed by atoms with Crippen LogP contribution in [0.5, 0.6) is 0 Å².